The SMILES string of the molecule is Cl.Cl.Cn1cc(NC(=O)c2cccc([C@@H]3C[C@H]3NCC(C)(C)C)c2)cn1. The predicted molar refractivity (Wildman–Crippen MR) is 111 cm³/mol. The summed E-state index contributed by atoms with van der Waals surface area (Å²) in [5.41, 5.74) is 2.93. The van der Waals surface area contributed by atoms with Crippen LogP contribution in [0.5, 0.6) is 0 Å². The van der Waals surface area contributed by atoms with Crippen LogP contribution in [0.15, 0.2) is 36.7 Å². The first-order valence-electron chi connectivity index (χ1n) is 8.45. The molecular weight excluding hydrogens is 371 g/mol. The highest BCUT2D eigenvalue weighted by Gasteiger charge is 2.38. The van der Waals surface area contributed by atoms with Crippen LogP contribution in [-0.4, -0.2) is 28.3 Å². The van der Waals surface area contributed by atoms with Crippen molar-refractivity contribution in [2.75, 3.05) is 11.9 Å². The number of nitrogens with zero attached hydrogens (tertiary/aromatic N) is 2. The number of amides is 1. The van der Waals surface area contributed by atoms with E-state index in [4.69, 9.17) is 0 Å². The van der Waals surface area contributed by atoms with Gasteiger partial charge in [-0.1, -0.05) is 32.9 Å². The zero-order valence-electron chi connectivity index (χ0n) is 15.7. The molecule has 0 bridgehead atoms. The topological polar surface area (TPSA) is 59.0 Å². The third-order valence-corrected chi connectivity index (χ3v) is 4.22. The van der Waals surface area contributed by atoms with E-state index in [-0.39, 0.29) is 30.7 Å². The van der Waals surface area contributed by atoms with E-state index < -0.39 is 0 Å². The number of rotatable bonds is 5. The van der Waals surface area contributed by atoms with Crippen molar-refractivity contribution < 1.29 is 4.79 Å². The van der Waals surface area contributed by atoms with Gasteiger partial charge in [-0.05, 0) is 29.5 Å². The van der Waals surface area contributed by atoms with Crippen molar-refractivity contribution in [2.45, 2.75) is 39.2 Å². The molecule has 3 rings (SSSR count). The minimum Gasteiger partial charge on any atom is -0.319 e. The molecule has 1 aliphatic carbocycles. The van der Waals surface area contributed by atoms with Gasteiger partial charge in [-0.25, -0.2) is 0 Å². The van der Waals surface area contributed by atoms with E-state index in [1.165, 1.54) is 5.56 Å². The first-order valence-corrected chi connectivity index (χ1v) is 8.45. The van der Waals surface area contributed by atoms with Crippen molar-refractivity contribution in [3.8, 4) is 0 Å². The smallest absolute Gasteiger partial charge is 0.255 e. The molecule has 2 atom stereocenters. The first-order chi connectivity index (χ1) is 11.3. The van der Waals surface area contributed by atoms with Crippen molar-refractivity contribution >= 4 is 36.4 Å². The molecule has 7 heteroatoms. The Balaban J connectivity index is 0.00000169. The van der Waals surface area contributed by atoms with Crippen LogP contribution in [0.4, 0.5) is 5.69 Å². The van der Waals surface area contributed by atoms with E-state index in [1.54, 1.807) is 17.1 Å². The summed E-state index contributed by atoms with van der Waals surface area (Å²) in [5.74, 6) is 0.420. The van der Waals surface area contributed by atoms with E-state index in [0.717, 1.165) is 13.0 Å². The third-order valence-electron chi connectivity index (χ3n) is 4.22. The molecule has 1 amide bonds. The van der Waals surface area contributed by atoms with Gasteiger partial charge >= 0.3 is 0 Å². The maximum atomic E-state index is 12.4. The summed E-state index contributed by atoms with van der Waals surface area (Å²) >= 11 is 0. The molecule has 0 radical (unpaired) electrons. The highest BCUT2D eigenvalue weighted by molar-refractivity contribution is 6.04. The van der Waals surface area contributed by atoms with Gasteiger partial charge < -0.3 is 10.6 Å². The van der Waals surface area contributed by atoms with E-state index >= 15 is 0 Å². The Bertz CT molecular complexity index is 739. The number of nitrogens with one attached hydrogen (secondary N) is 2. The van der Waals surface area contributed by atoms with Gasteiger partial charge in [0.15, 0.2) is 0 Å². The second-order valence-electron chi connectivity index (χ2n) is 7.87. The number of benzene rings is 1. The van der Waals surface area contributed by atoms with Crippen molar-refractivity contribution in [2.24, 2.45) is 12.5 Å². The quantitative estimate of drug-likeness (QED) is 0.799. The van der Waals surface area contributed by atoms with E-state index in [1.807, 2.05) is 25.2 Å². The van der Waals surface area contributed by atoms with Crippen LogP contribution in [-0.2, 0) is 7.05 Å². The lowest BCUT2D eigenvalue weighted by molar-refractivity contribution is 0.102. The Morgan fingerprint density at radius 3 is 2.65 bits per heavy atom. The van der Waals surface area contributed by atoms with E-state index in [0.29, 0.717) is 28.6 Å². The molecule has 0 unspecified atom stereocenters. The van der Waals surface area contributed by atoms with Crippen LogP contribution in [0.2, 0.25) is 0 Å². The molecule has 2 aromatic rings. The molecule has 0 spiro atoms. The highest BCUT2D eigenvalue weighted by atomic mass is 35.5. The summed E-state index contributed by atoms with van der Waals surface area (Å²) in [6.07, 6.45) is 4.58. The van der Waals surface area contributed by atoms with Gasteiger partial charge in [0.2, 0.25) is 0 Å². The van der Waals surface area contributed by atoms with Gasteiger partial charge in [-0.2, -0.15) is 5.10 Å². The molecule has 5 nitrogen and oxygen atoms in total. The van der Waals surface area contributed by atoms with E-state index in [9.17, 15) is 4.79 Å². The summed E-state index contributed by atoms with van der Waals surface area (Å²) in [4.78, 5) is 12.4. The molecule has 2 N–H and O–H groups in total. The van der Waals surface area contributed by atoms with Crippen LogP contribution in [0.1, 0.15) is 49.0 Å². The van der Waals surface area contributed by atoms with Crippen LogP contribution >= 0.6 is 24.8 Å². The molecule has 1 aromatic carbocycles. The summed E-state index contributed by atoms with van der Waals surface area (Å²) in [6, 6.07) is 8.47. The monoisotopic (exact) mass is 398 g/mol. The number of aromatic nitrogens is 2. The standard InChI is InChI=1S/C19H26N4O.2ClH/c1-19(2,3)12-20-17-9-16(17)13-6-5-7-14(8-13)18(24)22-15-10-21-23(4)11-15;;/h5-8,10-11,16-17,20H,9,12H2,1-4H3,(H,22,24);2*1H/t16-,17+;;/m0../s1. The number of hydrogen-bond donors (Lipinski definition) is 2. The van der Waals surface area contributed by atoms with Crippen molar-refractivity contribution in [3.63, 3.8) is 0 Å². The minimum absolute atomic E-state index is 0. The van der Waals surface area contributed by atoms with Crippen molar-refractivity contribution in [1.82, 2.24) is 15.1 Å². The van der Waals surface area contributed by atoms with Crippen LogP contribution < -0.4 is 10.6 Å². The Hall–Kier alpha value is -1.56. The molecule has 1 saturated carbocycles. The van der Waals surface area contributed by atoms with E-state index in [2.05, 4.69) is 42.6 Å². The molecule has 1 aliphatic rings. The number of carbonyl (C=O) groups is 1. The lowest BCUT2D eigenvalue weighted by atomic mass is 9.97. The summed E-state index contributed by atoms with van der Waals surface area (Å²) in [6.45, 7) is 7.72. The van der Waals surface area contributed by atoms with Gasteiger partial charge in [-0.3, -0.25) is 9.48 Å². The highest BCUT2D eigenvalue weighted by Crippen LogP contribution is 2.41. The summed E-state index contributed by atoms with van der Waals surface area (Å²) in [5, 5.41) is 10.6. The normalized spacial score (nSPS) is 18.5. The Morgan fingerprint density at radius 2 is 2.04 bits per heavy atom. The largest absolute Gasteiger partial charge is 0.319 e. The fraction of sp³-hybridized carbons (Fsp3) is 0.474. The molecule has 1 heterocycles. The molecule has 1 aromatic heterocycles. The Morgan fingerprint density at radius 1 is 1.31 bits per heavy atom. The molecule has 0 saturated heterocycles. The zero-order chi connectivity index (χ0) is 17.3. The van der Waals surface area contributed by atoms with Crippen molar-refractivity contribution in [3.05, 3.63) is 47.8 Å². The van der Waals surface area contributed by atoms with Crippen LogP contribution in [0.25, 0.3) is 0 Å². The van der Waals surface area contributed by atoms with Gasteiger partial charge in [0, 0.05) is 37.3 Å². The number of halogens is 2. The predicted octanol–water partition coefficient (Wildman–Crippen LogP) is 4.01. The second kappa shape index (κ2) is 8.89. The van der Waals surface area contributed by atoms with Gasteiger partial charge in [0.1, 0.15) is 0 Å². The van der Waals surface area contributed by atoms with Gasteiger partial charge in [-0.15, -0.1) is 24.8 Å². The van der Waals surface area contributed by atoms with Gasteiger partial charge in [0.05, 0.1) is 11.9 Å². The molecule has 1 fully saturated rings. The maximum Gasteiger partial charge on any atom is 0.255 e. The lowest BCUT2D eigenvalue weighted by Crippen LogP contribution is -2.29. The average molecular weight is 399 g/mol. The molecule has 144 valence electrons. The molecule has 0 aliphatic heterocycles. The number of hydrogen-bond acceptors (Lipinski definition) is 3. The number of aryl methyl sites for hydroxylation is 1. The first kappa shape index (κ1) is 22.5. The molecule has 26 heavy (non-hydrogen) atoms. The number of carbonyl (C=O) groups excluding carboxylic acids is 1. The fourth-order valence-corrected chi connectivity index (χ4v) is 2.83. The number of anilines is 1. The Kier molecular flexibility index (Phi) is 7.69. The third kappa shape index (κ3) is 6.01. The lowest BCUT2D eigenvalue weighted by Gasteiger charge is -2.18. The Labute approximate surface area is 167 Å². The van der Waals surface area contributed by atoms with Crippen LogP contribution in [0.3, 0.4) is 0 Å². The second-order valence-corrected chi connectivity index (χ2v) is 7.87. The van der Waals surface area contributed by atoms with Crippen molar-refractivity contribution in [1.29, 1.82) is 0 Å². The summed E-state index contributed by atoms with van der Waals surface area (Å²) < 4.78 is 1.67. The molecular formula is C19H28Cl2N4O. The van der Waals surface area contributed by atoms with Crippen LogP contribution in [0, 0.1) is 5.41 Å². The summed E-state index contributed by atoms with van der Waals surface area (Å²) in [7, 11) is 1.83. The average Bonchev–Trinajstić information content (AvgIpc) is 3.20. The fourth-order valence-electron chi connectivity index (χ4n) is 2.83. The zero-order valence-corrected chi connectivity index (χ0v) is 17.3. The maximum absolute atomic E-state index is 12.4. The van der Waals surface area contributed by atoms with Gasteiger partial charge in [0.25, 0.3) is 5.91 Å². The minimum atomic E-state index is -0.0929.